The number of azide groups is 2. The highest BCUT2D eigenvalue weighted by Crippen LogP contribution is 2.34. The number of nitrogens with zero attached hydrogens (tertiary/aromatic N) is 6. The summed E-state index contributed by atoms with van der Waals surface area (Å²) in [5.74, 6) is -1.77. The van der Waals surface area contributed by atoms with Gasteiger partial charge in [0.1, 0.15) is 0 Å². The number of fused-ring (bicyclic) bond motifs is 2. The lowest BCUT2D eigenvalue weighted by molar-refractivity contribution is -0.111. The van der Waals surface area contributed by atoms with Crippen LogP contribution in [0, 0.1) is 0 Å². The maximum Gasteiger partial charge on any atom is 0.236 e. The molecule has 1 aliphatic carbocycles. The van der Waals surface area contributed by atoms with Gasteiger partial charge in [-0.25, -0.2) is 0 Å². The number of rotatable bonds is 2. The third-order valence-electron chi connectivity index (χ3n) is 3.32. The van der Waals surface area contributed by atoms with Gasteiger partial charge in [-0.2, -0.15) is 0 Å². The molecule has 0 aromatic heterocycles. The monoisotopic (exact) mass is 290 g/mol. The van der Waals surface area contributed by atoms with Crippen molar-refractivity contribution >= 4 is 28.0 Å². The van der Waals surface area contributed by atoms with Gasteiger partial charge in [-0.3, -0.25) is 9.59 Å². The maximum atomic E-state index is 12.2. The standard InChI is InChI=1S/C14H6N6O2/c15-19-17-11-9-5-7-3-1-2-4-8(7)6-10(9)13(21)14(22)12(11)18-20-16/h1-6H. The number of carbonyl (C=O) groups excluding carboxylic acids is 2. The molecule has 0 atom stereocenters. The zero-order valence-electron chi connectivity index (χ0n) is 11.0. The van der Waals surface area contributed by atoms with E-state index in [-0.39, 0.29) is 16.8 Å². The van der Waals surface area contributed by atoms with Gasteiger partial charge < -0.3 is 0 Å². The Kier molecular flexibility index (Phi) is 3.08. The van der Waals surface area contributed by atoms with Crippen molar-refractivity contribution < 1.29 is 9.59 Å². The third kappa shape index (κ3) is 1.89. The van der Waals surface area contributed by atoms with Gasteiger partial charge in [-0.15, -0.1) is 0 Å². The molecule has 0 aliphatic heterocycles. The van der Waals surface area contributed by atoms with Crippen molar-refractivity contribution in [3.63, 3.8) is 0 Å². The summed E-state index contributed by atoms with van der Waals surface area (Å²) in [6.45, 7) is 0. The van der Waals surface area contributed by atoms with Crippen LogP contribution >= 0.6 is 0 Å². The van der Waals surface area contributed by atoms with E-state index in [4.69, 9.17) is 11.1 Å². The molecule has 2 aromatic carbocycles. The Balaban J connectivity index is 2.46. The second-order valence-electron chi connectivity index (χ2n) is 4.48. The molecule has 0 unspecified atom stereocenters. The fourth-order valence-corrected chi connectivity index (χ4v) is 2.37. The van der Waals surface area contributed by atoms with E-state index >= 15 is 0 Å². The van der Waals surface area contributed by atoms with Crippen LogP contribution in [0.25, 0.3) is 37.4 Å². The lowest BCUT2D eigenvalue weighted by Crippen LogP contribution is -2.22. The predicted octanol–water partition coefficient (Wildman–Crippen LogP) is 3.89. The minimum absolute atomic E-state index is 0.128. The molecule has 0 N–H and O–H groups in total. The summed E-state index contributed by atoms with van der Waals surface area (Å²) in [4.78, 5) is 29.4. The number of Topliss-reactive ketones (excluding diaryl/α,β-unsaturated/α-hetero) is 2. The van der Waals surface area contributed by atoms with Crippen molar-refractivity contribution in [2.75, 3.05) is 0 Å². The zero-order chi connectivity index (χ0) is 15.7. The lowest BCUT2D eigenvalue weighted by atomic mass is 9.88. The molecule has 3 rings (SSSR count). The smallest absolute Gasteiger partial charge is 0.236 e. The molecular weight excluding hydrogens is 284 g/mol. The highest BCUT2D eigenvalue weighted by molar-refractivity contribution is 6.52. The summed E-state index contributed by atoms with van der Waals surface area (Å²) < 4.78 is 0. The average molecular weight is 290 g/mol. The van der Waals surface area contributed by atoms with Gasteiger partial charge in [-0.1, -0.05) is 34.5 Å². The molecule has 2 aromatic rings. The summed E-state index contributed by atoms with van der Waals surface area (Å²) in [5.41, 5.74) is 17.0. The molecule has 8 heteroatoms. The van der Waals surface area contributed by atoms with Crippen LogP contribution in [0.3, 0.4) is 0 Å². The zero-order valence-corrected chi connectivity index (χ0v) is 11.0. The fraction of sp³-hybridized carbons (Fsp3) is 0. The van der Waals surface area contributed by atoms with Crippen LogP contribution in [0.15, 0.2) is 52.3 Å². The van der Waals surface area contributed by atoms with Gasteiger partial charge in [-0.05, 0) is 39.5 Å². The number of hydrogen-bond acceptors (Lipinski definition) is 4. The molecule has 0 radical (unpaired) electrons. The largest absolute Gasteiger partial charge is 0.285 e. The van der Waals surface area contributed by atoms with Crippen LogP contribution < -0.4 is 0 Å². The van der Waals surface area contributed by atoms with Crippen molar-refractivity contribution in [1.29, 1.82) is 0 Å². The molecule has 0 saturated carbocycles. The van der Waals surface area contributed by atoms with E-state index in [0.717, 1.165) is 10.8 Å². The average Bonchev–Trinajstić information content (AvgIpc) is 2.54. The Labute approximate surface area is 122 Å². The molecule has 22 heavy (non-hydrogen) atoms. The topological polar surface area (TPSA) is 132 Å². The maximum absolute atomic E-state index is 12.2. The molecule has 0 saturated heterocycles. The molecule has 0 spiro atoms. The van der Waals surface area contributed by atoms with E-state index in [1.807, 2.05) is 12.1 Å². The van der Waals surface area contributed by atoms with E-state index in [9.17, 15) is 9.59 Å². The summed E-state index contributed by atoms with van der Waals surface area (Å²) in [6, 6.07) is 10.4. The van der Waals surface area contributed by atoms with E-state index in [1.54, 1.807) is 24.3 Å². The fourth-order valence-electron chi connectivity index (χ4n) is 2.37. The van der Waals surface area contributed by atoms with Gasteiger partial charge in [0.2, 0.25) is 11.6 Å². The number of benzene rings is 2. The number of hydrogen-bond donors (Lipinski definition) is 0. The van der Waals surface area contributed by atoms with Crippen molar-refractivity contribution in [3.8, 4) is 0 Å². The molecule has 0 fully saturated rings. The van der Waals surface area contributed by atoms with Gasteiger partial charge in [0, 0.05) is 15.4 Å². The van der Waals surface area contributed by atoms with Gasteiger partial charge in [0.25, 0.3) is 0 Å². The quantitative estimate of drug-likeness (QED) is 0.359. The van der Waals surface area contributed by atoms with Crippen molar-refractivity contribution in [3.05, 3.63) is 74.1 Å². The van der Waals surface area contributed by atoms with E-state index in [2.05, 4.69) is 20.1 Å². The highest BCUT2D eigenvalue weighted by Gasteiger charge is 2.32. The molecule has 1 aliphatic rings. The molecule has 0 amide bonds. The third-order valence-corrected chi connectivity index (χ3v) is 3.32. The number of allylic oxidation sites excluding steroid dienone is 1. The minimum atomic E-state index is -0.983. The Morgan fingerprint density at radius 1 is 0.773 bits per heavy atom. The Bertz CT molecular complexity index is 978. The van der Waals surface area contributed by atoms with Crippen molar-refractivity contribution in [2.24, 2.45) is 10.2 Å². The Morgan fingerprint density at radius 2 is 1.32 bits per heavy atom. The van der Waals surface area contributed by atoms with Crippen LogP contribution in [0.4, 0.5) is 0 Å². The normalized spacial score (nSPS) is 13.5. The van der Waals surface area contributed by atoms with Crippen LogP contribution in [0.5, 0.6) is 0 Å². The molecule has 8 nitrogen and oxygen atoms in total. The number of carbonyl (C=O) groups is 2. The van der Waals surface area contributed by atoms with Crippen LogP contribution in [0.2, 0.25) is 0 Å². The highest BCUT2D eigenvalue weighted by atomic mass is 16.2. The van der Waals surface area contributed by atoms with Crippen molar-refractivity contribution in [2.45, 2.75) is 0 Å². The Hall–Kier alpha value is -3.60. The van der Waals surface area contributed by atoms with Gasteiger partial charge in [0.05, 0.1) is 11.4 Å². The second-order valence-corrected chi connectivity index (χ2v) is 4.48. The first-order chi connectivity index (χ1) is 10.7. The Morgan fingerprint density at radius 3 is 1.91 bits per heavy atom. The molecule has 104 valence electrons. The van der Waals surface area contributed by atoms with E-state index in [0.29, 0.717) is 0 Å². The van der Waals surface area contributed by atoms with Crippen LogP contribution in [0.1, 0.15) is 15.9 Å². The molecule has 0 heterocycles. The lowest BCUT2D eigenvalue weighted by Gasteiger charge is -2.17. The summed E-state index contributed by atoms with van der Waals surface area (Å²) >= 11 is 0. The van der Waals surface area contributed by atoms with Crippen LogP contribution in [-0.4, -0.2) is 11.6 Å². The van der Waals surface area contributed by atoms with Crippen LogP contribution in [-0.2, 0) is 4.79 Å². The van der Waals surface area contributed by atoms with E-state index < -0.39 is 17.3 Å². The van der Waals surface area contributed by atoms with Gasteiger partial charge in [0.15, 0.2) is 0 Å². The summed E-state index contributed by atoms with van der Waals surface area (Å²) in [6.07, 6.45) is 0. The molecular formula is C14H6N6O2. The predicted molar refractivity (Wildman–Crippen MR) is 78.5 cm³/mol. The number of ketones is 2. The first-order valence-corrected chi connectivity index (χ1v) is 6.14. The minimum Gasteiger partial charge on any atom is -0.285 e. The summed E-state index contributed by atoms with van der Waals surface area (Å²) in [5, 5.41) is 8.23. The molecule has 0 bridgehead atoms. The second kappa shape index (κ2) is 5.06. The first kappa shape index (κ1) is 13.4. The van der Waals surface area contributed by atoms with Gasteiger partial charge >= 0.3 is 0 Å². The van der Waals surface area contributed by atoms with E-state index in [1.165, 1.54) is 0 Å². The van der Waals surface area contributed by atoms with Crippen molar-refractivity contribution in [1.82, 2.24) is 0 Å². The first-order valence-electron chi connectivity index (χ1n) is 6.14. The SMILES string of the molecule is [N-]=[N+]=NC1=C(N=[N+]=[N-])c2cc3ccccc3cc2C(=O)C1=O. The summed E-state index contributed by atoms with van der Waals surface area (Å²) in [7, 11) is 0.